The van der Waals surface area contributed by atoms with Gasteiger partial charge in [-0.25, -0.2) is 4.98 Å². The number of nitrogens with zero attached hydrogens (tertiary/aromatic N) is 3. The lowest BCUT2D eigenvalue weighted by molar-refractivity contribution is 0.380. The van der Waals surface area contributed by atoms with E-state index in [9.17, 15) is 0 Å². The largest absolute Gasteiger partial charge is 0.444 e. The molecule has 5 nitrogen and oxygen atoms in total. The molecule has 18 heavy (non-hydrogen) atoms. The van der Waals surface area contributed by atoms with Crippen LogP contribution in [0.5, 0.6) is 0 Å². The van der Waals surface area contributed by atoms with Gasteiger partial charge in [-0.05, 0) is 27.7 Å². The summed E-state index contributed by atoms with van der Waals surface area (Å²) in [7, 11) is 0. The molecule has 2 rings (SSSR count). The van der Waals surface area contributed by atoms with Crippen LogP contribution >= 0.6 is 0 Å². The lowest BCUT2D eigenvalue weighted by Gasteiger charge is -2.16. The molecule has 0 spiro atoms. The van der Waals surface area contributed by atoms with Crippen LogP contribution in [0, 0.1) is 6.92 Å². The predicted molar refractivity (Wildman–Crippen MR) is 69.1 cm³/mol. The van der Waals surface area contributed by atoms with Crippen molar-refractivity contribution in [2.24, 2.45) is 0 Å². The predicted octanol–water partition coefficient (Wildman–Crippen LogP) is 2.61. The van der Waals surface area contributed by atoms with Crippen LogP contribution < -0.4 is 5.32 Å². The Morgan fingerprint density at radius 3 is 2.67 bits per heavy atom. The van der Waals surface area contributed by atoms with Crippen LogP contribution in [0.25, 0.3) is 0 Å². The number of hydrogen-bond acceptors (Lipinski definition) is 4. The molecule has 5 heteroatoms. The number of hydrogen-bond donors (Lipinski definition) is 1. The van der Waals surface area contributed by atoms with Gasteiger partial charge in [-0.1, -0.05) is 0 Å². The molecule has 1 N–H and O–H groups in total. The van der Waals surface area contributed by atoms with Crippen molar-refractivity contribution in [1.29, 1.82) is 0 Å². The molecule has 0 aromatic carbocycles. The highest BCUT2D eigenvalue weighted by Crippen LogP contribution is 2.18. The van der Waals surface area contributed by atoms with E-state index in [1.807, 2.05) is 24.7 Å². The second-order valence-electron chi connectivity index (χ2n) is 4.55. The third kappa shape index (κ3) is 2.79. The molecule has 2 aromatic heterocycles. The highest BCUT2D eigenvalue weighted by molar-refractivity contribution is 5.10. The van der Waals surface area contributed by atoms with Crippen LogP contribution in [0.2, 0.25) is 0 Å². The second kappa shape index (κ2) is 5.35. The van der Waals surface area contributed by atoms with E-state index in [0.29, 0.717) is 0 Å². The molecule has 2 atom stereocenters. The number of oxazole rings is 1. The SMILES string of the molecule is CCn1cc(C(C)NC(C)c2ncc(C)o2)cn1. The minimum Gasteiger partial charge on any atom is -0.444 e. The fraction of sp³-hybridized carbons (Fsp3) is 0.538. The summed E-state index contributed by atoms with van der Waals surface area (Å²) in [6, 6.07) is 0.297. The third-order valence-electron chi connectivity index (χ3n) is 2.99. The van der Waals surface area contributed by atoms with Crippen LogP contribution in [-0.4, -0.2) is 14.8 Å². The second-order valence-corrected chi connectivity index (χ2v) is 4.55. The van der Waals surface area contributed by atoms with Crippen molar-refractivity contribution in [2.45, 2.75) is 46.3 Å². The Hall–Kier alpha value is -1.62. The van der Waals surface area contributed by atoms with Gasteiger partial charge in [0.1, 0.15) is 5.76 Å². The first-order valence-electron chi connectivity index (χ1n) is 6.31. The first-order chi connectivity index (χ1) is 8.60. The molecule has 0 amide bonds. The Labute approximate surface area is 107 Å². The normalized spacial score (nSPS) is 14.7. The summed E-state index contributed by atoms with van der Waals surface area (Å²) in [5.41, 5.74) is 1.17. The van der Waals surface area contributed by atoms with Crippen molar-refractivity contribution in [1.82, 2.24) is 20.1 Å². The van der Waals surface area contributed by atoms with Crippen LogP contribution in [0.3, 0.4) is 0 Å². The quantitative estimate of drug-likeness (QED) is 0.883. The van der Waals surface area contributed by atoms with Crippen molar-refractivity contribution in [2.75, 3.05) is 0 Å². The Morgan fingerprint density at radius 1 is 1.33 bits per heavy atom. The van der Waals surface area contributed by atoms with E-state index in [0.717, 1.165) is 18.2 Å². The molecule has 0 saturated heterocycles. The fourth-order valence-electron chi connectivity index (χ4n) is 1.89. The van der Waals surface area contributed by atoms with E-state index in [1.165, 1.54) is 5.56 Å². The first kappa shape index (κ1) is 12.8. The van der Waals surface area contributed by atoms with Gasteiger partial charge in [-0.15, -0.1) is 0 Å². The minimum atomic E-state index is 0.0821. The zero-order chi connectivity index (χ0) is 13.1. The molecule has 98 valence electrons. The summed E-state index contributed by atoms with van der Waals surface area (Å²) >= 11 is 0. The van der Waals surface area contributed by atoms with Crippen molar-refractivity contribution in [3.05, 3.63) is 35.8 Å². The molecule has 2 heterocycles. The smallest absolute Gasteiger partial charge is 0.211 e. The highest BCUT2D eigenvalue weighted by atomic mass is 16.4. The van der Waals surface area contributed by atoms with Gasteiger partial charge in [0.15, 0.2) is 0 Å². The fourth-order valence-corrected chi connectivity index (χ4v) is 1.89. The summed E-state index contributed by atoms with van der Waals surface area (Å²) in [5.74, 6) is 1.56. The maximum atomic E-state index is 5.51. The van der Waals surface area contributed by atoms with Gasteiger partial charge in [0.2, 0.25) is 5.89 Å². The average molecular weight is 248 g/mol. The van der Waals surface area contributed by atoms with Gasteiger partial charge in [-0.3, -0.25) is 10.00 Å². The molecule has 2 unspecified atom stereocenters. The summed E-state index contributed by atoms with van der Waals surface area (Å²) in [5, 5.41) is 7.73. The van der Waals surface area contributed by atoms with Crippen LogP contribution in [-0.2, 0) is 6.54 Å². The van der Waals surface area contributed by atoms with Crippen LogP contribution in [0.15, 0.2) is 23.0 Å². The Kier molecular flexibility index (Phi) is 3.81. The number of aromatic nitrogens is 3. The molecule has 0 saturated carbocycles. The Balaban J connectivity index is 2.00. The van der Waals surface area contributed by atoms with E-state index in [1.54, 1.807) is 6.20 Å². The van der Waals surface area contributed by atoms with E-state index < -0.39 is 0 Å². The molecule has 0 fully saturated rings. The van der Waals surface area contributed by atoms with Crippen LogP contribution in [0.4, 0.5) is 0 Å². The molecular formula is C13H20N4O. The van der Waals surface area contributed by atoms with Crippen molar-refractivity contribution in [3.63, 3.8) is 0 Å². The van der Waals surface area contributed by atoms with E-state index >= 15 is 0 Å². The van der Waals surface area contributed by atoms with Gasteiger partial charge in [0.25, 0.3) is 0 Å². The first-order valence-corrected chi connectivity index (χ1v) is 6.31. The average Bonchev–Trinajstić information content (AvgIpc) is 2.97. The summed E-state index contributed by atoms with van der Waals surface area (Å²) in [4.78, 5) is 4.23. The molecule has 0 aliphatic rings. The maximum absolute atomic E-state index is 5.51. The summed E-state index contributed by atoms with van der Waals surface area (Å²) in [6.45, 7) is 9.03. The van der Waals surface area contributed by atoms with Gasteiger partial charge in [-0.2, -0.15) is 5.10 Å². The molecule has 0 aliphatic heterocycles. The molecule has 0 radical (unpaired) electrons. The van der Waals surface area contributed by atoms with E-state index in [-0.39, 0.29) is 12.1 Å². The maximum Gasteiger partial charge on any atom is 0.211 e. The molecule has 0 aliphatic carbocycles. The van der Waals surface area contributed by atoms with Gasteiger partial charge < -0.3 is 4.42 Å². The van der Waals surface area contributed by atoms with Crippen LogP contribution in [0.1, 0.15) is 50.1 Å². The Morgan fingerprint density at radius 2 is 2.11 bits per heavy atom. The Bertz CT molecular complexity index is 503. The number of aryl methyl sites for hydroxylation is 2. The molecule has 2 aromatic rings. The monoisotopic (exact) mass is 248 g/mol. The van der Waals surface area contributed by atoms with Crippen molar-refractivity contribution < 1.29 is 4.42 Å². The standard InChI is InChI=1S/C13H20N4O/c1-5-17-8-12(7-15-17)10(3)16-11(4)13-14-6-9(2)18-13/h6-8,10-11,16H,5H2,1-4H3. The highest BCUT2D eigenvalue weighted by Gasteiger charge is 2.16. The number of nitrogens with one attached hydrogen (secondary N) is 1. The lowest BCUT2D eigenvalue weighted by atomic mass is 10.1. The topological polar surface area (TPSA) is 55.9 Å². The molecule has 0 bridgehead atoms. The molecular weight excluding hydrogens is 228 g/mol. The van der Waals surface area contributed by atoms with E-state index in [4.69, 9.17) is 4.42 Å². The van der Waals surface area contributed by atoms with Gasteiger partial charge >= 0.3 is 0 Å². The zero-order valence-corrected chi connectivity index (χ0v) is 11.3. The van der Waals surface area contributed by atoms with Crippen molar-refractivity contribution >= 4 is 0 Å². The van der Waals surface area contributed by atoms with Crippen molar-refractivity contribution in [3.8, 4) is 0 Å². The lowest BCUT2D eigenvalue weighted by Crippen LogP contribution is -2.22. The number of rotatable bonds is 5. The summed E-state index contributed by atoms with van der Waals surface area (Å²) < 4.78 is 7.44. The summed E-state index contributed by atoms with van der Waals surface area (Å²) in [6.07, 6.45) is 5.70. The van der Waals surface area contributed by atoms with Gasteiger partial charge in [0.05, 0.1) is 18.4 Å². The van der Waals surface area contributed by atoms with E-state index in [2.05, 4.69) is 35.4 Å². The minimum absolute atomic E-state index is 0.0821. The third-order valence-corrected chi connectivity index (χ3v) is 2.99. The zero-order valence-electron chi connectivity index (χ0n) is 11.3. The van der Waals surface area contributed by atoms with Gasteiger partial charge in [0, 0.05) is 24.3 Å².